The predicted octanol–water partition coefficient (Wildman–Crippen LogP) is 4.47. The van der Waals surface area contributed by atoms with Gasteiger partial charge in [-0.3, -0.25) is 0 Å². The second-order valence-electron chi connectivity index (χ2n) is 3.60. The number of hydrogen-bond acceptors (Lipinski definition) is 2. The molecule has 1 atom stereocenters. The Morgan fingerprint density at radius 1 is 1.38 bits per heavy atom. The van der Waals surface area contributed by atoms with Crippen LogP contribution in [0.2, 0.25) is 0 Å². The molecule has 2 rings (SSSR count). The van der Waals surface area contributed by atoms with E-state index in [1.54, 1.807) is 11.3 Å². The van der Waals surface area contributed by atoms with Gasteiger partial charge < -0.3 is 5.73 Å². The maximum Gasteiger partial charge on any atom is 0.0731 e. The topological polar surface area (TPSA) is 26.0 Å². The molecule has 0 saturated carbocycles. The summed E-state index contributed by atoms with van der Waals surface area (Å²) in [6.45, 7) is 2.09. The van der Waals surface area contributed by atoms with E-state index in [-0.39, 0.29) is 6.04 Å². The third kappa shape index (κ3) is 2.50. The van der Waals surface area contributed by atoms with E-state index in [1.165, 1.54) is 23.4 Å². The van der Waals surface area contributed by atoms with Gasteiger partial charge in [0, 0.05) is 8.45 Å². The fourth-order valence-electron chi connectivity index (χ4n) is 1.52. The standard InChI is InChI=1S/C12H11BrINS/c1-7-6-10(16-12(7)13)11(15)8-4-2-3-5-9(8)14/h2-6,11H,15H2,1H3. The van der Waals surface area contributed by atoms with E-state index in [1.807, 2.05) is 12.1 Å². The third-order valence-electron chi connectivity index (χ3n) is 2.42. The Morgan fingerprint density at radius 3 is 2.62 bits per heavy atom. The van der Waals surface area contributed by atoms with Crippen LogP contribution >= 0.6 is 49.9 Å². The Labute approximate surface area is 121 Å². The van der Waals surface area contributed by atoms with Crippen molar-refractivity contribution >= 4 is 49.9 Å². The largest absolute Gasteiger partial charge is 0.320 e. The molecule has 16 heavy (non-hydrogen) atoms. The number of halogens is 2. The monoisotopic (exact) mass is 407 g/mol. The van der Waals surface area contributed by atoms with Crippen molar-refractivity contribution < 1.29 is 0 Å². The number of nitrogens with two attached hydrogens (primary N) is 1. The van der Waals surface area contributed by atoms with Crippen LogP contribution in [0.3, 0.4) is 0 Å². The molecule has 0 aliphatic carbocycles. The molecule has 0 bridgehead atoms. The molecule has 0 amide bonds. The fraction of sp³-hybridized carbons (Fsp3) is 0.167. The summed E-state index contributed by atoms with van der Waals surface area (Å²) in [4.78, 5) is 1.20. The molecular weight excluding hydrogens is 397 g/mol. The molecular formula is C12H11BrINS. The summed E-state index contributed by atoms with van der Waals surface area (Å²) in [7, 11) is 0. The first kappa shape index (κ1) is 12.5. The molecule has 1 heterocycles. The minimum atomic E-state index is -0.0249. The zero-order valence-electron chi connectivity index (χ0n) is 8.71. The third-order valence-corrected chi connectivity index (χ3v) is 5.63. The van der Waals surface area contributed by atoms with Crippen molar-refractivity contribution in [3.05, 3.63) is 53.7 Å². The molecule has 0 radical (unpaired) electrons. The van der Waals surface area contributed by atoms with Crippen molar-refractivity contribution in [3.63, 3.8) is 0 Å². The van der Waals surface area contributed by atoms with Gasteiger partial charge in [-0.1, -0.05) is 18.2 Å². The predicted molar refractivity (Wildman–Crippen MR) is 81.9 cm³/mol. The highest BCUT2D eigenvalue weighted by Crippen LogP contribution is 2.34. The van der Waals surface area contributed by atoms with Crippen molar-refractivity contribution in [3.8, 4) is 0 Å². The maximum absolute atomic E-state index is 6.28. The summed E-state index contributed by atoms with van der Waals surface area (Å²) in [5.41, 5.74) is 8.73. The van der Waals surface area contributed by atoms with Crippen LogP contribution in [0.25, 0.3) is 0 Å². The fourth-order valence-corrected chi connectivity index (χ4v) is 3.83. The van der Waals surface area contributed by atoms with Crippen molar-refractivity contribution in [1.82, 2.24) is 0 Å². The number of rotatable bonds is 2. The van der Waals surface area contributed by atoms with Gasteiger partial charge in [0.2, 0.25) is 0 Å². The van der Waals surface area contributed by atoms with Gasteiger partial charge in [0.05, 0.1) is 9.83 Å². The van der Waals surface area contributed by atoms with Gasteiger partial charge in [-0.2, -0.15) is 0 Å². The Morgan fingerprint density at radius 2 is 2.06 bits per heavy atom. The summed E-state index contributed by atoms with van der Waals surface area (Å²) >= 11 is 7.58. The lowest BCUT2D eigenvalue weighted by molar-refractivity contribution is 0.886. The van der Waals surface area contributed by atoms with Crippen molar-refractivity contribution in [2.75, 3.05) is 0 Å². The first-order valence-electron chi connectivity index (χ1n) is 4.85. The Balaban J connectivity index is 2.39. The molecule has 0 saturated heterocycles. The van der Waals surface area contributed by atoms with Gasteiger partial charge in [0.25, 0.3) is 0 Å². The lowest BCUT2D eigenvalue weighted by atomic mass is 10.1. The van der Waals surface area contributed by atoms with Gasteiger partial charge in [-0.15, -0.1) is 11.3 Å². The molecule has 2 aromatic rings. The molecule has 0 fully saturated rings. The Hall–Kier alpha value is 0.0900. The quantitative estimate of drug-likeness (QED) is 0.730. The number of hydrogen-bond donors (Lipinski definition) is 1. The molecule has 1 aromatic heterocycles. The SMILES string of the molecule is Cc1cc(C(N)c2ccccc2I)sc1Br. The van der Waals surface area contributed by atoms with Crippen LogP contribution in [0.4, 0.5) is 0 Å². The van der Waals surface area contributed by atoms with Crippen LogP contribution in [-0.2, 0) is 0 Å². The van der Waals surface area contributed by atoms with Crippen LogP contribution in [-0.4, -0.2) is 0 Å². The van der Waals surface area contributed by atoms with Crippen LogP contribution < -0.4 is 5.73 Å². The van der Waals surface area contributed by atoms with Crippen LogP contribution in [0, 0.1) is 10.5 Å². The molecule has 0 spiro atoms. The highest BCUT2D eigenvalue weighted by Gasteiger charge is 2.14. The summed E-state index contributed by atoms with van der Waals surface area (Å²) in [6, 6.07) is 10.4. The van der Waals surface area contributed by atoms with E-state index < -0.39 is 0 Å². The van der Waals surface area contributed by atoms with Gasteiger partial charge in [0.15, 0.2) is 0 Å². The maximum atomic E-state index is 6.28. The minimum absolute atomic E-state index is 0.0249. The summed E-state index contributed by atoms with van der Waals surface area (Å²) in [5, 5.41) is 0. The Bertz CT molecular complexity index is 490. The molecule has 4 heteroatoms. The second kappa shape index (κ2) is 5.16. The molecule has 1 aromatic carbocycles. The zero-order chi connectivity index (χ0) is 11.7. The summed E-state index contributed by atoms with van der Waals surface area (Å²) in [5.74, 6) is 0. The van der Waals surface area contributed by atoms with Crippen LogP contribution in [0.1, 0.15) is 22.0 Å². The zero-order valence-corrected chi connectivity index (χ0v) is 13.3. The van der Waals surface area contributed by atoms with E-state index in [9.17, 15) is 0 Å². The van der Waals surface area contributed by atoms with Crippen molar-refractivity contribution in [1.29, 1.82) is 0 Å². The van der Waals surface area contributed by atoms with E-state index >= 15 is 0 Å². The van der Waals surface area contributed by atoms with Gasteiger partial charge in [-0.25, -0.2) is 0 Å². The minimum Gasteiger partial charge on any atom is -0.320 e. The Kier molecular flexibility index (Phi) is 4.05. The van der Waals surface area contributed by atoms with Crippen LogP contribution in [0.5, 0.6) is 0 Å². The number of aryl methyl sites for hydroxylation is 1. The number of thiophene rings is 1. The van der Waals surface area contributed by atoms with Crippen molar-refractivity contribution in [2.45, 2.75) is 13.0 Å². The lowest BCUT2D eigenvalue weighted by Crippen LogP contribution is -2.11. The van der Waals surface area contributed by atoms with E-state index in [0.717, 1.165) is 0 Å². The molecule has 1 unspecified atom stereocenters. The summed E-state index contributed by atoms with van der Waals surface area (Å²) < 4.78 is 2.39. The first-order valence-corrected chi connectivity index (χ1v) is 7.54. The first-order chi connectivity index (χ1) is 7.59. The van der Waals surface area contributed by atoms with Gasteiger partial charge in [-0.05, 0) is 68.7 Å². The molecule has 2 N–H and O–H groups in total. The van der Waals surface area contributed by atoms with E-state index in [4.69, 9.17) is 5.73 Å². The molecule has 84 valence electrons. The molecule has 1 nitrogen and oxygen atoms in total. The van der Waals surface area contributed by atoms with Crippen molar-refractivity contribution in [2.24, 2.45) is 5.73 Å². The van der Waals surface area contributed by atoms with Crippen LogP contribution in [0.15, 0.2) is 34.1 Å². The highest BCUT2D eigenvalue weighted by molar-refractivity contribution is 14.1. The van der Waals surface area contributed by atoms with Gasteiger partial charge in [0.1, 0.15) is 0 Å². The summed E-state index contributed by atoms with van der Waals surface area (Å²) in [6.07, 6.45) is 0. The smallest absolute Gasteiger partial charge is 0.0731 e. The number of benzene rings is 1. The second-order valence-corrected chi connectivity index (χ2v) is 7.17. The van der Waals surface area contributed by atoms with E-state index in [0.29, 0.717) is 0 Å². The average molecular weight is 408 g/mol. The lowest BCUT2D eigenvalue weighted by Gasteiger charge is -2.11. The molecule has 0 aliphatic heterocycles. The van der Waals surface area contributed by atoms with E-state index in [2.05, 4.69) is 63.6 Å². The highest BCUT2D eigenvalue weighted by atomic mass is 127. The normalized spacial score (nSPS) is 12.8. The molecule has 0 aliphatic rings. The average Bonchev–Trinajstić information content (AvgIpc) is 2.59. The van der Waals surface area contributed by atoms with Gasteiger partial charge >= 0.3 is 0 Å².